The van der Waals surface area contributed by atoms with Gasteiger partial charge in [-0.1, -0.05) is 12.1 Å². The van der Waals surface area contributed by atoms with Gasteiger partial charge in [0.05, 0.1) is 0 Å². The molecule has 20 heavy (non-hydrogen) atoms. The Kier molecular flexibility index (Phi) is 6.50. The summed E-state index contributed by atoms with van der Waals surface area (Å²) in [6, 6.07) is 5.99. The maximum atomic E-state index is 12.6. The number of hydrogen-bond donors (Lipinski definition) is 1. The molecule has 0 radical (unpaired) electrons. The first-order valence-electron chi connectivity index (χ1n) is 7.13. The molecule has 1 N–H and O–H groups in total. The number of piperidine rings is 1. The molecule has 1 amide bonds. The van der Waals surface area contributed by atoms with Crippen LogP contribution in [0.25, 0.3) is 0 Å². The van der Waals surface area contributed by atoms with E-state index in [1.165, 1.54) is 12.0 Å². The zero-order valence-electron chi connectivity index (χ0n) is 12.6. The molecule has 0 aliphatic carbocycles. The van der Waals surface area contributed by atoms with E-state index in [2.05, 4.69) is 18.3 Å². The van der Waals surface area contributed by atoms with Gasteiger partial charge in [0, 0.05) is 18.7 Å². The van der Waals surface area contributed by atoms with Crippen molar-refractivity contribution in [2.75, 3.05) is 26.7 Å². The standard InChI is InChI=1S/C16H24N2O.ClH/c1-12-6-4-8-15(13(12)2)16(19)18-9-5-7-14(11-18)10-17-3;/h4,6,8,14,17H,5,7,9-11H2,1-3H3;1H. The summed E-state index contributed by atoms with van der Waals surface area (Å²) in [7, 11) is 1.98. The van der Waals surface area contributed by atoms with Crippen LogP contribution in [0.4, 0.5) is 0 Å². The van der Waals surface area contributed by atoms with Crippen LogP contribution in [-0.2, 0) is 0 Å². The number of likely N-dealkylation sites (tertiary alicyclic amines) is 1. The van der Waals surface area contributed by atoms with Crippen molar-refractivity contribution in [3.63, 3.8) is 0 Å². The zero-order valence-corrected chi connectivity index (χ0v) is 13.4. The highest BCUT2D eigenvalue weighted by atomic mass is 35.5. The van der Waals surface area contributed by atoms with Crippen molar-refractivity contribution in [3.8, 4) is 0 Å². The molecule has 1 unspecified atom stereocenters. The second-order valence-corrected chi connectivity index (χ2v) is 5.56. The van der Waals surface area contributed by atoms with E-state index in [0.29, 0.717) is 5.92 Å². The molecule has 3 nitrogen and oxygen atoms in total. The Bertz CT molecular complexity index is 460. The van der Waals surface area contributed by atoms with Crippen LogP contribution in [0.5, 0.6) is 0 Å². The van der Waals surface area contributed by atoms with Gasteiger partial charge in [-0.05, 0) is 63.4 Å². The molecule has 1 aliphatic rings. The minimum Gasteiger partial charge on any atom is -0.338 e. The summed E-state index contributed by atoms with van der Waals surface area (Å²) in [6.07, 6.45) is 2.33. The summed E-state index contributed by atoms with van der Waals surface area (Å²) in [4.78, 5) is 14.6. The van der Waals surface area contributed by atoms with Crippen molar-refractivity contribution in [2.24, 2.45) is 5.92 Å². The van der Waals surface area contributed by atoms with E-state index in [-0.39, 0.29) is 18.3 Å². The third-order valence-corrected chi connectivity index (χ3v) is 4.13. The molecule has 1 aromatic carbocycles. The second-order valence-electron chi connectivity index (χ2n) is 5.56. The number of amides is 1. The number of nitrogens with one attached hydrogen (secondary N) is 1. The van der Waals surface area contributed by atoms with Crippen LogP contribution >= 0.6 is 12.4 Å². The van der Waals surface area contributed by atoms with Gasteiger partial charge >= 0.3 is 0 Å². The molecule has 0 aromatic heterocycles. The predicted octanol–water partition coefficient (Wildman–Crippen LogP) is 2.80. The van der Waals surface area contributed by atoms with Gasteiger partial charge in [0.25, 0.3) is 5.91 Å². The lowest BCUT2D eigenvalue weighted by atomic mass is 9.96. The van der Waals surface area contributed by atoms with Crippen molar-refractivity contribution in [1.29, 1.82) is 0 Å². The monoisotopic (exact) mass is 296 g/mol. The molecule has 2 rings (SSSR count). The van der Waals surface area contributed by atoms with E-state index < -0.39 is 0 Å². The van der Waals surface area contributed by atoms with Crippen LogP contribution < -0.4 is 5.32 Å². The van der Waals surface area contributed by atoms with E-state index in [0.717, 1.165) is 37.2 Å². The first-order valence-corrected chi connectivity index (χ1v) is 7.13. The van der Waals surface area contributed by atoms with Crippen LogP contribution in [0.2, 0.25) is 0 Å². The van der Waals surface area contributed by atoms with Crippen LogP contribution in [0.3, 0.4) is 0 Å². The van der Waals surface area contributed by atoms with E-state index in [1.807, 2.05) is 31.0 Å². The first-order chi connectivity index (χ1) is 9.13. The van der Waals surface area contributed by atoms with Gasteiger partial charge in [-0.25, -0.2) is 0 Å². The number of rotatable bonds is 3. The number of hydrogen-bond acceptors (Lipinski definition) is 2. The third kappa shape index (κ3) is 3.74. The van der Waals surface area contributed by atoms with Gasteiger partial charge in [-0.2, -0.15) is 0 Å². The minimum atomic E-state index is 0. The average molecular weight is 297 g/mol. The largest absolute Gasteiger partial charge is 0.338 e. The average Bonchev–Trinajstić information content (AvgIpc) is 2.42. The Hall–Kier alpha value is -1.06. The van der Waals surface area contributed by atoms with E-state index in [1.54, 1.807) is 0 Å². The fraction of sp³-hybridized carbons (Fsp3) is 0.562. The van der Waals surface area contributed by atoms with E-state index in [9.17, 15) is 4.79 Å². The van der Waals surface area contributed by atoms with E-state index >= 15 is 0 Å². The van der Waals surface area contributed by atoms with Crippen molar-refractivity contribution in [3.05, 3.63) is 34.9 Å². The molecule has 1 aliphatic heterocycles. The number of halogens is 1. The van der Waals surface area contributed by atoms with Crippen LogP contribution in [0.1, 0.15) is 34.3 Å². The second kappa shape index (κ2) is 7.65. The maximum absolute atomic E-state index is 12.6. The van der Waals surface area contributed by atoms with Crippen molar-refractivity contribution >= 4 is 18.3 Å². The highest BCUT2D eigenvalue weighted by Gasteiger charge is 2.24. The molecular formula is C16H25ClN2O. The van der Waals surface area contributed by atoms with Crippen molar-refractivity contribution in [1.82, 2.24) is 10.2 Å². The fourth-order valence-electron chi connectivity index (χ4n) is 2.86. The van der Waals surface area contributed by atoms with Gasteiger partial charge in [0.15, 0.2) is 0 Å². The molecule has 0 saturated carbocycles. The topological polar surface area (TPSA) is 32.3 Å². The van der Waals surface area contributed by atoms with Crippen LogP contribution in [-0.4, -0.2) is 37.5 Å². The summed E-state index contributed by atoms with van der Waals surface area (Å²) in [5, 5.41) is 3.22. The van der Waals surface area contributed by atoms with Gasteiger partial charge in [0.1, 0.15) is 0 Å². The lowest BCUT2D eigenvalue weighted by Crippen LogP contribution is -2.42. The molecule has 112 valence electrons. The Morgan fingerprint density at radius 3 is 2.85 bits per heavy atom. The summed E-state index contributed by atoms with van der Waals surface area (Å²) >= 11 is 0. The smallest absolute Gasteiger partial charge is 0.254 e. The molecule has 1 aromatic rings. The Morgan fingerprint density at radius 1 is 1.40 bits per heavy atom. The zero-order chi connectivity index (χ0) is 13.8. The number of nitrogens with zero attached hydrogens (tertiary/aromatic N) is 1. The highest BCUT2D eigenvalue weighted by molar-refractivity contribution is 5.96. The third-order valence-electron chi connectivity index (χ3n) is 4.13. The molecule has 0 bridgehead atoms. The lowest BCUT2D eigenvalue weighted by Gasteiger charge is -2.33. The molecule has 4 heteroatoms. The van der Waals surface area contributed by atoms with Gasteiger partial charge in [-0.15, -0.1) is 12.4 Å². The lowest BCUT2D eigenvalue weighted by molar-refractivity contribution is 0.0673. The predicted molar refractivity (Wildman–Crippen MR) is 85.7 cm³/mol. The highest BCUT2D eigenvalue weighted by Crippen LogP contribution is 2.20. The summed E-state index contributed by atoms with van der Waals surface area (Å²) in [5.41, 5.74) is 3.17. The molecule has 1 heterocycles. The minimum absolute atomic E-state index is 0. The van der Waals surface area contributed by atoms with Crippen molar-refractivity contribution < 1.29 is 4.79 Å². The van der Waals surface area contributed by atoms with Crippen molar-refractivity contribution in [2.45, 2.75) is 26.7 Å². The molecule has 1 atom stereocenters. The van der Waals surface area contributed by atoms with Crippen LogP contribution in [0.15, 0.2) is 18.2 Å². The fourth-order valence-corrected chi connectivity index (χ4v) is 2.86. The molecular weight excluding hydrogens is 272 g/mol. The Labute approximate surface area is 128 Å². The maximum Gasteiger partial charge on any atom is 0.254 e. The van der Waals surface area contributed by atoms with Gasteiger partial charge in [0.2, 0.25) is 0 Å². The van der Waals surface area contributed by atoms with E-state index in [4.69, 9.17) is 0 Å². The number of carbonyl (C=O) groups is 1. The summed E-state index contributed by atoms with van der Waals surface area (Å²) in [5.74, 6) is 0.787. The number of carbonyl (C=O) groups excluding carboxylic acids is 1. The number of aryl methyl sites for hydroxylation is 1. The van der Waals surface area contributed by atoms with Gasteiger partial charge < -0.3 is 10.2 Å². The molecule has 1 fully saturated rings. The summed E-state index contributed by atoms with van der Waals surface area (Å²) < 4.78 is 0. The normalized spacial score (nSPS) is 18.6. The van der Waals surface area contributed by atoms with Gasteiger partial charge in [-0.3, -0.25) is 4.79 Å². The number of benzene rings is 1. The first kappa shape index (κ1) is 17.0. The Balaban J connectivity index is 0.00000200. The molecule has 0 spiro atoms. The summed E-state index contributed by atoms with van der Waals surface area (Å²) in [6.45, 7) is 6.87. The SMILES string of the molecule is CNCC1CCCN(C(=O)c2cccc(C)c2C)C1.Cl. The quantitative estimate of drug-likeness (QED) is 0.930. The van der Waals surface area contributed by atoms with Crippen LogP contribution in [0, 0.1) is 19.8 Å². The molecule has 1 saturated heterocycles. The Morgan fingerprint density at radius 2 is 2.15 bits per heavy atom.